The first-order valence-electron chi connectivity index (χ1n) is 10.3. The summed E-state index contributed by atoms with van der Waals surface area (Å²) in [6.45, 7) is -0.116. The van der Waals surface area contributed by atoms with Crippen LogP contribution in [0.5, 0.6) is 0 Å². The minimum Gasteiger partial charge on any atom is -0.394 e. The van der Waals surface area contributed by atoms with Crippen LogP contribution < -0.4 is 0 Å². The van der Waals surface area contributed by atoms with Crippen LogP contribution in [-0.2, 0) is 16.8 Å². The van der Waals surface area contributed by atoms with Crippen molar-refractivity contribution >= 4 is 0 Å². The summed E-state index contributed by atoms with van der Waals surface area (Å²) in [6.07, 6.45) is 3.05. The van der Waals surface area contributed by atoms with Gasteiger partial charge in [-0.25, -0.2) is 0 Å². The molecule has 1 heterocycles. The Hall–Kier alpha value is -2.23. The van der Waals surface area contributed by atoms with Crippen molar-refractivity contribution in [1.29, 1.82) is 5.26 Å². The molecular formula is C24H27NO4. The van der Waals surface area contributed by atoms with Crippen molar-refractivity contribution in [3.8, 4) is 6.07 Å². The molecule has 2 fully saturated rings. The summed E-state index contributed by atoms with van der Waals surface area (Å²) in [7, 11) is 0. The van der Waals surface area contributed by atoms with Gasteiger partial charge in [0.15, 0.2) is 0 Å². The van der Waals surface area contributed by atoms with Crippen LogP contribution in [0.15, 0.2) is 42.5 Å². The Morgan fingerprint density at radius 3 is 2.48 bits per heavy atom. The highest BCUT2D eigenvalue weighted by Gasteiger charge is 2.36. The first-order chi connectivity index (χ1) is 14.0. The fourth-order valence-corrected chi connectivity index (χ4v) is 4.34. The predicted octanol–water partition coefficient (Wildman–Crippen LogP) is 3.09. The number of ether oxygens (including phenoxy) is 1. The Bertz CT molecular complexity index is 898. The number of hydrogen-bond acceptors (Lipinski definition) is 5. The fraction of sp³-hybridized carbons (Fsp3) is 0.458. The van der Waals surface area contributed by atoms with E-state index in [1.54, 1.807) is 6.07 Å². The van der Waals surface area contributed by atoms with Crippen molar-refractivity contribution in [3.63, 3.8) is 0 Å². The van der Waals surface area contributed by atoms with E-state index in [2.05, 4.69) is 6.07 Å². The standard InChI is InChI=1S/C24H27NO4/c25-14-18-5-4-17(23-13-21(27)12-22(15-26)29-23)11-19(18)10-16-2-6-20(7-3-16)24(28)8-1-9-24/h2-7,11,21-23,26-28H,1,8-10,12-13,15H2/t21?,22-,23+/m0/s1. The number of rotatable bonds is 5. The molecule has 0 aromatic heterocycles. The van der Waals surface area contributed by atoms with Gasteiger partial charge < -0.3 is 20.1 Å². The van der Waals surface area contributed by atoms with Gasteiger partial charge in [-0.3, -0.25) is 0 Å². The SMILES string of the molecule is N#Cc1ccc([C@H]2CC(O)C[C@@H](CO)O2)cc1Cc1ccc(C2(O)CCC2)cc1. The molecule has 5 heteroatoms. The van der Waals surface area contributed by atoms with Crippen LogP contribution in [0.3, 0.4) is 0 Å². The normalized spacial score (nSPS) is 25.8. The lowest BCUT2D eigenvalue weighted by atomic mass is 9.75. The maximum absolute atomic E-state index is 10.5. The number of aliphatic hydroxyl groups excluding tert-OH is 2. The molecule has 1 unspecified atom stereocenters. The Kier molecular flexibility index (Phi) is 5.71. The number of hydrogen-bond donors (Lipinski definition) is 3. The van der Waals surface area contributed by atoms with E-state index in [0.29, 0.717) is 24.8 Å². The van der Waals surface area contributed by atoms with Gasteiger partial charge in [0.05, 0.1) is 42.2 Å². The van der Waals surface area contributed by atoms with Gasteiger partial charge in [0.25, 0.3) is 0 Å². The van der Waals surface area contributed by atoms with E-state index in [9.17, 15) is 20.6 Å². The molecule has 29 heavy (non-hydrogen) atoms. The molecule has 4 rings (SSSR count). The molecule has 1 saturated heterocycles. The van der Waals surface area contributed by atoms with Crippen LogP contribution in [-0.4, -0.2) is 34.1 Å². The third kappa shape index (κ3) is 4.22. The highest BCUT2D eigenvalue weighted by molar-refractivity contribution is 5.44. The monoisotopic (exact) mass is 393 g/mol. The summed E-state index contributed by atoms with van der Waals surface area (Å²) in [4.78, 5) is 0. The topological polar surface area (TPSA) is 93.7 Å². The molecule has 0 spiro atoms. The highest BCUT2D eigenvalue weighted by atomic mass is 16.5. The van der Waals surface area contributed by atoms with Crippen molar-refractivity contribution < 1.29 is 20.1 Å². The molecular weight excluding hydrogens is 366 g/mol. The van der Waals surface area contributed by atoms with Gasteiger partial charge in [-0.2, -0.15) is 5.26 Å². The molecule has 3 N–H and O–H groups in total. The molecule has 0 radical (unpaired) electrons. The lowest BCUT2D eigenvalue weighted by molar-refractivity contribution is -0.113. The minimum atomic E-state index is -0.668. The van der Waals surface area contributed by atoms with Crippen LogP contribution >= 0.6 is 0 Å². The number of nitrogens with zero attached hydrogens (tertiary/aromatic N) is 1. The van der Waals surface area contributed by atoms with E-state index in [1.807, 2.05) is 36.4 Å². The van der Waals surface area contributed by atoms with Crippen LogP contribution in [0.25, 0.3) is 0 Å². The molecule has 1 aliphatic heterocycles. The second-order valence-corrected chi connectivity index (χ2v) is 8.34. The highest BCUT2D eigenvalue weighted by Crippen LogP contribution is 2.41. The third-order valence-corrected chi connectivity index (χ3v) is 6.27. The summed E-state index contributed by atoms with van der Waals surface area (Å²) in [5, 5.41) is 39.5. The van der Waals surface area contributed by atoms with Crippen LogP contribution in [0.4, 0.5) is 0 Å². The molecule has 2 aliphatic rings. The molecule has 152 valence electrons. The average molecular weight is 393 g/mol. The van der Waals surface area contributed by atoms with Crippen molar-refractivity contribution in [1.82, 2.24) is 0 Å². The zero-order chi connectivity index (χ0) is 20.4. The summed E-state index contributed by atoms with van der Waals surface area (Å²) in [5.41, 5.74) is 3.80. The average Bonchev–Trinajstić information content (AvgIpc) is 2.72. The number of aliphatic hydroxyl groups is 3. The molecule has 1 saturated carbocycles. The fourth-order valence-electron chi connectivity index (χ4n) is 4.34. The van der Waals surface area contributed by atoms with Crippen LogP contribution in [0.2, 0.25) is 0 Å². The van der Waals surface area contributed by atoms with Gasteiger partial charge in [-0.1, -0.05) is 36.4 Å². The Morgan fingerprint density at radius 2 is 1.86 bits per heavy atom. The molecule has 3 atom stereocenters. The first kappa shape index (κ1) is 20.1. The summed E-state index contributed by atoms with van der Waals surface area (Å²) < 4.78 is 5.92. The summed E-state index contributed by atoms with van der Waals surface area (Å²) in [6, 6.07) is 15.9. The van der Waals surface area contributed by atoms with Gasteiger partial charge in [0, 0.05) is 12.8 Å². The predicted molar refractivity (Wildman–Crippen MR) is 108 cm³/mol. The smallest absolute Gasteiger partial charge is 0.0994 e. The van der Waals surface area contributed by atoms with Gasteiger partial charge in [0.1, 0.15) is 0 Å². The maximum Gasteiger partial charge on any atom is 0.0994 e. The Morgan fingerprint density at radius 1 is 1.10 bits per heavy atom. The molecule has 2 aromatic carbocycles. The van der Waals surface area contributed by atoms with E-state index in [-0.39, 0.29) is 18.8 Å². The van der Waals surface area contributed by atoms with Crippen molar-refractivity contribution in [2.75, 3.05) is 6.61 Å². The lowest BCUT2D eigenvalue weighted by Crippen LogP contribution is -2.33. The number of nitriles is 1. The zero-order valence-electron chi connectivity index (χ0n) is 16.4. The second kappa shape index (κ2) is 8.25. The van der Waals surface area contributed by atoms with Gasteiger partial charge >= 0.3 is 0 Å². The van der Waals surface area contributed by atoms with E-state index in [1.165, 1.54) is 0 Å². The molecule has 2 aromatic rings. The molecule has 0 bridgehead atoms. The Labute approximate surface area is 171 Å². The molecule has 1 aliphatic carbocycles. The van der Waals surface area contributed by atoms with Crippen molar-refractivity contribution in [2.24, 2.45) is 0 Å². The Balaban J connectivity index is 1.55. The maximum atomic E-state index is 10.5. The first-order valence-corrected chi connectivity index (χ1v) is 10.3. The van der Waals surface area contributed by atoms with E-state index < -0.39 is 11.7 Å². The van der Waals surface area contributed by atoms with Gasteiger partial charge in [-0.05, 0) is 54.0 Å². The van der Waals surface area contributed by atoms with E-state index >= 15 is 0 Å². The summed E-state index contributed by atoms with van der Waals surface area (Å²) >= 11 is 0. The molecule has 0 amide bonds. The quantitative estimate of drug-likeness (QED) is 0.726. The van der Waals surface area contributed by atoms with Crippen molar-refractivity contribution in [3.05, 3.63) is 70.3 Å². The molecule has 5 nitrogen and oxygen atoms in total. The van der Waals surface area contributed by atoms with E-state index in [0.717, 1.165) is 41.5 Å². The van der Waals surface area contributed by atoms with Crippen molar-refractivity contribution in [2.45, 2.75) is 62.4 Å². The minimum absolute atomic E-state index is 0.116. The second-order valence-electron chi connectivity index (χ2n) is 8.34. The van der Waals surface area contributed by atoms with Crippen LogP contribution in [0.1, 0.15) is 66.0 Å². The van der Waals surface area contributed by atoms with E-state index in [4.69, 9.17) is 4.74 Å². The third-order valence-electron chi connectivity index (χ3n) is 6.27. The lowest BCUT2D eigenvalue weighted by Gasteiger charge is -2.37. The summed E-state index contributed by atoms with van der Waals surface area (Å²) in [5.74, 6) is 0. The van der Waals surface area contributed by atoms with Crippen LogP contribution in [0, 0.1) is 11.3 Å². The van der Waals surface area contributed by atoms with Gasteiger partial charge in [0.2, 0.25) is 0 Å². The number of benzene rings is 2. The zero-order valence-corrected chi connectivity index (χ0v) is 16.4. The van der Waals surface area contributed by atoms with Gasteiger partial charge in [-0.15, -0.1) is 0 Å². The largest absolute Gasteiger partial charge is 0.394 e.